The van der Waals surface area contributed by atoms with Crippen LogP contribution in [0.3, 0.4) is 0 Å². The Labute approximate surface area is 166 Å². The molecule has 1 saturated heterocycles. The number of benzene rings is 1. The van der Waals surface area contributed by atoms with E-state index in [1.165, 1.54) is 29.5 Å². The zero-order valence-electron chi connectivity index (χ0n) is 16.4. The van der Waals surface area contributed by atoms with Crippen LogP contribution in [0.4, 0.5) is 0 Å². The standard InChI is InChI=1S/C24H27N3O/c1-16-11-20(14-25-13-16)24(28)26-22-7-8-23-21(22)9-10-27(23)15-17-5-6-18-3-2-4-19(18)12-17/h2-3,5-6,11-14,21-23H,4,7-10,15H2,1H3,(H,26,28)/t21-,22-,23+/m0/s1. The maximum Gasteiger partial charge on any atom is 0.253 e. The van der Waals surface area contributed by atoms with Gasteiger partial charge < -0.3 is 5.32 Å². The van der Waals surface area contributed by atoms with Crippen molar-refractivity contribution in [2.75, 3.05) is 6.54 Å². The number of amides is 1. The molecule has 2 aliphatic carbocycles. The molecular weight excluding hydrogens is 346 g/mol. The summed E-state index contributed by atoms with van der Waals surface area (Å²) in [6, 6.07) is 9.70. The number of allylic oxidation sites excluding steroid dienone is 1. The van der Waals surface area contributed by atoms with Gasteiger partial charge in [-0.1, -0.05) is 30.4 Å². The number of carbonyl (C=O) groups excluding carboxylic acids is 1. The fourth-order valence-electron chi connectivity index (χ4n) is 5.32. The molecule has 4 nitrogen and oxygen atoms in total. The van der Waals surface area contributed by atoms with Crippen LogP contribution in [0.2, 0.25) is 0 Å². The molecule has 3 aliphatic rings. The lowest BCUT2D eigenvalue weighted by atomic mass is 9.99. The smallest absolute Gasteiger partial charge is 0.253 e. The molecule has 1 saturated carbocycles. The number of hydrogen-bond donors (Lipinski definition) is 1. The average Bonchev–Trinajstić information content (AvgIpc) is 3.40. The van der Waals surface area contributed by atoms with Gasteiger partial charge in [0.15, 0.2) is 0 Å². The molecule has 2 fully saturated rings. The minimum atomic E-state index is 0.0198. The number of nitrogens with zero attached hydrogens (tertiary/aromatic N) is 2. The Hall–Kier alpha value is -2.46. The average molecular weight is 374 g/mol. The van der Waals surface area contributed by atoms with E-state index in [0.717, 1.165) is 31.5 Å². The monoisotopic (exact) mass is 373 g/mol. The number of aromatic nitrogens is 1. The predicted molar refractivity (Wildman–Crippen MR) is 111 cm³/mol. The van der Waals surface area contributed by atoms with Gasteiger partial charge in [0.1, 0.15) is 0 Å². The van der Waals surface area contributed by atoms with Gasteiger partial charge in [0, 0.05) is 31.0 Å². The number of fused-ring (bicyclic) bond motifs is 2. The highest BCUT2D eigenvalue weighted by molar-refractivity contribution is 5.94. The fourth-order valence-corrected chi connectivity index (χ4v) is 5.32. The summed E-state index contributed by atoms with van der Waals surface area (Å²) < 4.78 is 0. The molecule has 5 rings (SSSR count). The van der Waals surface area contributed by atoms with Crippen molar-refractivity contribution in [1.82, 2.24) is 15.2 Å². The van der Waals surface area contributed by atoms with E-state index in [1.54, 1.807) is 12.4 Å². The topological polar surface area (TPSA) is 45.2 Å². The molecule has 1 aromatic carbocycles. The summed E-state index contributed by atoms with van der Waals surface area (Å²) in [5.74, 6) is 0.587. The Morgan fingerprint density at radius 2 is 2.14 bits per heavy atom. The first-order chi connectivity index (χ1) is 13.7. The minimum absolute atomic E-state index is 0.0198. The highest BCUT2D eigenvalue weighted by Gasteiger charge is 2.44. The van der Waals surface area contributed by atoms with Gasteiger partial charge >= 0.3 is 0 Å². The van der Waals surface area contributed by atoms with Crippen LogP contribution in [0.5, 0.6) is 0 Å². The van der Waals surface area contributed by atoms with Crippen LogP contribution in [0, 0.1) is 12.8 Å². The number of aryl methyl sites for hydroxylation is 1. The number of nitrogens with one attached hydrogen (secondary N) is 1. The summed E-state index contributed by atoms with van der Waals surface area (Å²) >= 11 is 0. The fraction of sp³-hybridized carbons (Fsp3) is 0.417. The van der Waals surface area contributed by atoms with Gasteiger partial charge in [-0.2, -0.15) is 0 Å². The number of rotatable bonds is 4. The first-order valence-corrected chi connectivity index (χ1v) is 10.4. The molecule has 2 heterocycles. The first kappa shape index (κ1) is 17.6. The number of hydrogen-bond acceptors (Lipinski definition) is 3. The van der Waals surface area contributed by atoms with Crippen LogP contribution in [-0.4, -0.2) is 34.4 Å². The van der Waals surface area contributed by atoms with Crippen LogP contribution in [0.25, 0.3) is 6.08 Å². The van der Waals surface area contributed by atoms with Crippen molar-refractivity contribution < 1.29 is 4.79 Å². The third-order valence-corrected chi connectivity index (χ3v) is 6.69. The van der Waals surface area contributed by atoms with Gasteiger partial charge in [0.25, 0.3) is 5.91 Å². The van der Waals surface area contributed by atoms with E-state index in [4.69, 9.17) is 0 Å². The highest BCUT2D eigenvalue weighted by atomic mass is 16.1. The predicted octanol–water partition coefficient (Wildman–Crippen LogP) is 3.74. The lowest BCUT2D eigenvalue weighted by molar-refractivity contribution is 0.0926. The lowest BCUT2D eigenvalue weighted by Crippen LogP contribution is -2.39. The normalized spacial score (nSPS) is 25.7. The summed E-state index contributed by atoms with van der Waals surface area (Å²) in [4.78, 5) is 19.4. The van der Waals surface area contributed by atoms with E-state index in [9.17, 15) is 4.79 Å². The van der Waals surface area contributed by atoms with E-state index >= 15 is 0 Å². The number of pyridine rings is 1. The summed E-state index contributed by atoms with van der Waals surface area (Å²) in [5.41, 5.74) is 5.94. The van der Waals surface area contributed by atoms with E-state index in [2.05, 4.69) is 45.6 Å². The summed E-state index contributed by atoms with van der Waals surface area (Å²) in [7, 11) is 0. The second-order valence-electron chi connectivity index (χ2n) is 8.54. The van der Waals surface area contributed by atoms with Crippen LogP contribution < -0.4 is 5.32 Å². The molecule has 4 heteroatoms. The largest absolute Gasteiger partial charge is 0.349 e. The van der Waals surface area contributed by atoms with E-state index in [-0.39, 0.29) is 11.9 Å². The van der Waals surface area contributed by atoms with E-state index in [0.29, 0.717) is 17.5 Å². The molecule has 3 atom stereocenters. The molecule has 1 aromatic heterocycles. The van der Waals surface area contributed by atoms with Gasteiger partial charge in [0.2, 0.25) is 0 Å². The van der Waals surface area contributed by atoms with Crippen molar-refractivity contribution >= 4 is 12.0 Å². The maximum absolute atomic E-state index is 12.7. The Morgan fingerprint density at radius 1 is 1.21 bits per heavy atom. The van der Waals surface area contributed by atoms with Crippen LogP contribution >= 0.6 is 0 Å². The molecule has 0 unspecified atom stereocenters. The zero-order chi connectivity index (χ0) is 19.1. The van der Waals surface area contributed by atoms with Crippen LogP contribution in [0.1, 0.15) is 51.9 Å². The molecule has 2 aromatic rings. The molecule has 0 bridgehead atoms. The molecule has 144 valence electrons. The summed E-state index contributed by atoms with van der Waals surface area (Å²) in [5, 5.41) is 3.30. The van der Waals surface area contributed by atoms with Gasteiger partial charge in [-0.3, -0.25) is 14.7 Å². The van der Waals surface area contributed by atoms with Gasteiger partial charge in [-0.15, -0.1) is 0 Å². The zero-order valence-corrected chi connectivity index (χ0v) is 16.4. The highest BCUT2D eigenvalue weighted by Crippen LogP contribution is 2.39. The first-order valence-electron chi connectivity index (χ1n) is 10.4. The second kappa shape index (κ2) is 7.17. The van der Waals surface area contributed by atoms with E-state index < -0.39 is 0 Å². The number of carbonyl (C=O) groups is 1. The number of likely N-dealkylation sites (tertiary alicyclic amines) is 1. The van der Waals surface area contributed by atoms with Crippen molar-refractivity contribution in [3.8, 4) is 0 Å². The Kier molecular flexibility index (Phi) is 4.52. The third kappa shape index (κ3) is 3.26. The Balaban J connectivity index is 1.23. The van der Waals surface area contributed by atoms with Gasteiger partial charge in [-0.25, -0.2) is 0 Å². The molecule has 1 N–H and O–H groups in total. The Bertz CT molecular complexity index is 935. The molecule has 0 radical (unpaired) electrons. The van der Waals surface area contributed by atoms with Gasteiger partial charge in [-0.05, 0) is 73.4 Å². The molecule has 0 spiro atoms. The maximum atomic E-state index is 12.7. The van der Waals surface area contributed by atoms with Crippen molar-refractivity contribution in [2.45, 2.75) is 51.2 Å². The van der Waals surface area contributed by atoms with Crippen LogP contribution in [0.15, 0.2) is 42.7 Å². The van der Waals surface area contributed by atoms with E-state index in [1.807, 2.05) is 13.0 Å². The summed E-state index contributed by atoms with van der Waals surface area (Å²) in [6.45, 7) is 4.12. The van der Waals surface area contributed by atoms with Crippen molar-refractivity contribution in [3.63, 3.8) is 0 Å². The van der Waals surface area contributed by atoms with Crippen molar-refractivity contribution in [2.24, 2.45) is 5.92 Å². The quantitative estimate of drug-likeness (QED) is 0.888. The molecular formula is C24H27N3O. The van der Waals surface area contributed by atoms with Crippen molar-refractivity contribution in [3.05, 3.63) is 70.6 Å². The SMILES string of the molecule is Cc1cncc(C(=O)N[C@H]2CC[C@@H]3[C@H]2CCN3Cc2ccc3c(c2)CC=C3)c1. The molecule has 1 aliphatic heterocycles. The Morgan fingerprint density at radius 3 is 3.04 bits per heavy atom. The summed E-state index contributed by atoms with van der Waals surface area (Å²) in [6.07, 6.45) is 12.4. The third-order valence-electron chi connectivity index (χ3n) is 6.69. The molecule has 1 amide bonds. The second-order valence-corrected chi connectivity index (χ2v) is 8.54. The van der Waals surface area contributed by atoms with Crippen LogP contribution in [-0.2, 0) is 13.0 Å². The van der Waals surface area contributed by atoms with Crippen molar-refractivity contribution in [1.29, 1.82) is 0 Å². The molecule has 28 heavy (non-hydrogen) atoms. The lowest BCUT2D eigenvalue weighted by Gasteiger charge is -2.25. The minimum Gasteiger partial charge on any atom is -0.349 e. The van der Waals surface area contributed by atoms with Gasteiger partial charge in [0.05, 0.1) is 5.56 Å².